The first-order valence-corrected chi connectivity index (χ1v) is 10.1. The van der Waals surface area contributed by atoms with Gasteiger partial charge in [0.15, 0.2) is 5.13 Å². The summed E-state index contributed by atoms with van der Waals surface area (Å²) in [5.41, 5.74) is 2.59. The first-order valence-electron chi connectivity index (χ1n) is 7.76. The van der Waals surface area contributed by atoms with E-state index in [-0.39, 0.29) is 10.8 Å². The van der Waals surface area contributed by atoms with Gasteiger partial charge < -0.3 is 0 Å². The number of anilines is 1. The van der Waals surface area contributed by atoms with Gasteiger partial charge in [-0.3, -0.25) is 10.1 Å². The minimum atomic E-state index is -3.69. The monoisotopic (exact) mass is 387 g/mol. The van der Waals surface area contributed by atoms with E-state index >= 15 is 0 Å². The number of sulfonamides is 1. The van der Waals surface area contributed by atoms with Crippen molar-refractivity contribution < 1.29 is 13.2 Å². The minimum Gasteiger partial charge on any atom is -0.298 e. The number of nitrogens with one attached hydrogen (secondary N) is 1. The van der Waals surface area contributed by atoms with E-state index in [1.165, 1.54) is 23.5 Å². The van der Waals surface area contributed by atoms with Crippen LogP contribution in [0.15, 0.2) is 59.6 Å². The number of aromatic nitrogens is 1. The van der Waals surface area contributed by atoms with Gasteiger partial charge in [-0.05, 0) is 36.8 Å². The van der Waals surface area contributed by atoms with Crippen molar-refractivity contribution in [2.24, 2.45) is 5.14 Å². The number of primary sulfonamides is 1. The molecule has 0 radical (unpaired) electrons. The van der Waals surface area contributed by atoms with Crippen molar-refractivity contribution in [1.29, 1.82) is 0 Å². The zero-order valence-electron chi connectivity index (χ0n) is 14.0. The zero-order chi connectivity index (χ0) is 18.7. The molecule has 26 heavy (non-hydrogen) atoms. The van der Waals surface area contributed by atoms with Gasteiger partial charge in [0.2, 0.25) is 10.0 Å². The molecular formula is C18H17N3O3S2. The predicted octanol–water partition coefficient (Wildman–Crippen LogP) is 2.94. The number of hydrogen-bond acceptors (Lipinski definition) is 5. The number of nitrogens with two attached hydrogens (primary N) is 1. The Kier molecular flexibility index (Phi) is 5.17. The molecule has 8 heteroatoms. The molecule has 134 valence electrons. The quantitative estimate of drug-likeness (QED) is 0.702. The zero-order valence-corrected chi connectivity index (χ0v) is 15.6. The summed E-state index contributed by atoms with van der Waals surface area (Å²) in [6.07, 6.45) is 2.28. The van der Waals surface area contributed by atoms with Crippen molar-refractivity contribution in [2.75, 3.05) is 5.32 Å². The lowest BCUT2D eigenvalue weighted by atomic mass is 10.1. The normalized spacial score (nSPS) is 11.3. The number of carbonyl (C=O) groups is 1. The Bertz CT molecular complexity index is 1020. The van der Waals surface area contributed by atoms with E-state index < -0.39 is 10.0 Å². The van der Waals surface area contributed by atoms with Gasteiger partial charge in [0.05, 0.1) is 4.90 Å². The van der Waals surface area contributed by atoms with Crippen LogP contribution in [0.5, 0.6) is 0 Å². The van der Waals surface area contributed by atoms with Crippen LogP contribution in [0.3, 0.4) is 0 Å². The summed E-state index contributed by atoms with van der Waals surface area (Å²) in [6.45, 7) is 1.96. The number of amides is 1. The molecule has 0 fully saturated rings. The SMILES string of the molecule is Cc1ccc(C(=O)Nc2ncc(Cc3ccc(S(N)(=O)=O)cc3)s2)cc1. The highest BCUT2D eigenvalue weighted by Gasteiger charge is 2.10. The molecule has 0 unspecified atom stereocenters. The van der Waals surface area contributed by atoms with Crippen LogP contribution in [0.1, 0.15) is 26.4 Å². The molecule has 1 aromatic heterocycles. The van der Waals surface area contributed by atoms with Gasteiger partial charge in [-0.2, -0.15) is 0 Å². The third-order valence-electron chi connectivity index (χ3n) is 3.72. The summed E-state index contributed by atoms with van der Waals surface area (Å²) in [6, 6.07) is 13.7. The number of aryl methyl sites for hydroxylation is 1. The highest BCUT2D eigenvalue weighted by Crippen LogP contribution is 2.22. The Hall–Kier alpha value is -2.55. The molecule has 2 aromatic carbocycles. The maximum atomic E-state index is 12.2. The van der Waals surface area contributed by atoms with E-state index in [4.69, 9.17) is 5.14 Å². The Labute approximate surface area is 155 Å². The van der Waals surface area contributed by atoms with Crippen molar-refractivity contribution in [3.63, 3.8) is 0 Å². The fourth-order valence-electron chi connectivity index (χ4n) is 2.32. The molecule has 3 aromatic rings. The molecule has 6 nitrogen and oxygen atoms in total. The molecule has 0 spiro atoms. The second kappa shape index (κ2) is 7.36. The van der Waals surface area contributed by atoms with Crippen molar-refractivity contribution in [1.82, 2.24) is 4.98 Å². The standard InChI is InChI=1S/C18H17N3O3S2/c1-12-2-6-14(7-3-12)17(22)21-18-20-11-15(25-18)10-13-4-8-16(9-5-13)26(19,23)24/h2-9,11H,10H2,1H3,(H2,19,23,24)(H,20,21,22). The second-order valence-corrected chi connectivity index (χ2v) is 8.49. The largest absolute Gasteiger partial charge is 0.298 e. The summed E-state index contributed by atoms with van der Waals surface area (Å²) >= 11 is 1.38. The van der Waals surface area contributed by atoms with E-state index in [9.17, 15) is 13.2 Å². The van der Waals surface area contributed by atoms with E-state index in [2.05, 4.69) is 10.3 Å². The molecule has 0 bridgehead atoms. The fraction of sp³-hybridized carbons (Fsp3) is 0.111. The molecule has 0 atom stereocenters. The Balaban J connectivity index is 1.66. The molecule has 3 N–H and O–H groups in total. The fourth-order valence-corrected chi connectivity index (χ4v) is 3.68. The molecule has 0 saturated heterocycles. The summed E-state index contributed by atoms with van der Waals surface area (Å²) < 4.78 is 22.5. The van der Waals surface area contributed by atoms with Crippen LogP contribution in [-0.2, 0) is 16.4 Å². The number of nitrogens with zero attached hydrogens (tertiary/aromatic N) is 1. The van der Waals surface area contributed by atoms with E-state index in [1.54, 1.807) is 30.5 Å². The van der Waals surface area contributed by atoms with Gasteiger partial charge in [-0.1, -0.05) is 29.8 Å². The second-order valence-electron chi connectivity index (χ2n) is 5.82. The lowest BCUT2D eigenvalue weighted by Gasteiger charge is -2.02. The van der Waals surface area contributed by atoms with Gasteiger partial charge in [-0.25, -0.2) is 18.5 Å². The Morgan fingerprint density at radius 2 is 1.77 bits per heavy atom. The number of rotatable bonds is 5. The Morgan fingerprint density at radius 1 is 1.12 bits per heavy atom. The third kappa shape index (κ3) is 4.54. The highest BCUT2D eigenvalue weighted by atomic mass is 32.2. The summed E-state index contributed by atoms with van der Waals surface area (Å²) in [4.78, 5) is 17.5. The van der Waals surface area contributed by atoms with Crippen LogP contribution < -0.4 is 10.5 Å². The predicted molar refractivity (Wildman–Crippen MR) is 102 cm³/mol. The van der Waals surface area contributed by atoms with Crippen molar-refractivity contribution in [2.45, 2.75) is 18.2 Å². The molecular weight excluding hydrogens is 370 g/mol. The molecule has 3 rings (SSSR count). The van der Waals surface area contributed by atoms with Gasteiger partial charge in [0.1, 0.15) is 0 Å². The van der Waals surface area contributed by atoms with Crippen LogP contribution in [0.2, 0.25) is 0 Å². The number of benzene rings is 2. The molecule has 1 amide bonds. The molecule has 0 aliphatic carbocycles. The van der Waals surface area contributed by atoms with Gasteiger partial charge >= 0.3 is 0 Å². The van der Waals surface area contributed by atoms with Gasteiger partial charge in [0.25, 0.3) is 5.91 Å². The van der Waals surface area contributed by atoms with Gasteiger partial charge in [0, 0.05) is 23.1 Å². The average molecular weight is 387 g/mol. The molecule has 0 aliphatic heterocycles. The topological polar surface area (TPSA) is 102 Å². The lowest BCUT2D eigenvalue weighted by molar-refractivity contribution is 0.102. The summed E-state index contributed by atoms with van der Waals surface area (Å²) in [5.74, 6) is -0.205. The van der Waals surface area contributed by atoms with Crippen molar-refractivity contribution in [3.05, 3.63) is 76.3 Å². The molecule has 1 heterocycles. The summed E-state index contributed by atoms with van der Waals surface area (Å²) in [5, 5.41) is 8.39. The third-order valence-corrected chi connectivity index (χ3v) is 5.56. The minimum absolute atomic E-state index is 0.0802. The Morgan fingerprint density at radius 3 is 2.38 bits per heavy atom. The van der Waals surface area contributed by atoms with E-state index in [0.29, 0.717) is 17.1 Å². The smallest absolute Gasteiger partial charge is 0.257 e. The van der Waals surface area contributed by atoms with Crippen LogP contribution >= 0.6 is 11.3 Å². The van der Waals surface area contributed by atoms with Crippen molar-refractivity contribution >= 4 is 32.4 Å². The maximum Gasteiger partial charge on any atom is 0.257 e. The van der Waals surface area contributed by atoms with Crippen LogP contribution in [0.4, 0.5) is 5.13 Å². The van der Waals surface area contributed by atoms with Crippen LogP contribution in [0, 0.1) is 6.92 Å². The summed E-state index contributed by atoms with van der Waals surface area (Å²) in [7, 11) is -3.69. The van der Waals surface area contributed by atoms with Crippen molar-refractivity contribution in [3.8, 4) is 0 Å². The lowest BCUT2D eigenvalue weighted by Crippen LogP contribution is -2.11. The number of hydrogen-bond donors (Lipinski definition) is 2. The first-order chi connectivity index (χ1) is 12.3. The first kappa shape index (κ1) is 18.2. The average Bonchev–Trinajstić information content (AvgIpc) is 3.02. The number of carbonyl (C=O) groups excluding carboxylic acids is 1. The highest BCUT2D eigenvalue weighted by molar-refractivity contribution is 7.89. The van der Waals surface area contributed by atoms with Gasteiger partial charge in [-0.15, -0.1) is 11.3 Å². The van der Waals surface area contributed by atoms with E-state index in [0.717, 1.165) is 16.0 Å². The molecule has 0 saturated carbocycles. The van der Waals surface area contributed by atoms with Crippen LogP contribution in [-0.4, -0.2) is 19.3 Å². The maximum absolute atomic E-state index is 12.2. The molecule has 0 aliphatic rings. The van der Waals surface area contributed by atoms with Crippen LogP contribution in [0.25, 0.3) is 0 Å². The number of thiazole rings is 1. The van der Waals surface area contributed by atoms with E-state index in [1.807, 2.05) is 19.1 Å².